The van der Waals surface area contributed by atoms with E-state index in [9.17, 15) is 0 Å². The Morgan fingerprint density at radius 3 is 1.95 bits per heavy atom. The highest BCUT2D eigenvalue weighted by molar-refractivity contribution is 6.11. The molecule has 0 aliphatic carbocycles. The molecule has 0 aliphatic rings. The maximum Gasteiger partial charge on any atom is 0.307 e. The first kappa shape index (κ1) is 31.4. The van der Waals surface area contributed by atoms with Crippen LogP contribution in [0, 0.1) is 0 Å². The van der Waals surface area contributed by atoms with Gasteiger partial charge in [0.2, 0.25) is 11.6 Å². The molecule has 0 amide bonds. The van der Waals surface area contributed by atoms with Crippen molar-refractivity contribution in [1.82, 2.24) is 42.3 Å². The van der Waals surface area contributed by atoms with E-state index in [0.717, 1.165) is 111 Å². The molecule has 0 atom stereocenters. The fourth-order valence-corrected chi connectivity index (χ4v) is 10.00. The van der Waals surface area contributed by atoms with E-state index in [1.807, 2.05) is 24.3 Å². The average molecular weight is 784 g/mol. The van der Waals surface area contributed by atoms with Crippen LogP contribution in [0.4, 0.5) is 0 Å². The summed E-state index contributed by atoms with van der Waals surface area (Å²) in [5.41, 5.74) is 18.7. The van der Waals surface area contributed by atoms with Crippen LogP contribution in [0.2, 0.25) is 0 Å². The Labute approximate surface area is 343 Å². The van der Waals surface area contributed by atoms with Crippen molar-refractivity contribution in [2.24, 2.45) is 0 Å². The number of H-pyrrole nitrogens is 1. The third-order valence-electron chi connectivity index (χ3n) is 12.7. The molecule has 0 saturated carbocycles. The second-order valence-electron chi connectivity index (χ2n) is 15.9. The molecule has 0 saturated heterocycles. The molecular weight excluding hydrogens is 755 g/mol. The average Bonchev–Trinajstić information content (AvgIpc) is 4.16. The number of aromatic nitrogens is 9. The Kier molecular flexibility index (Phi) is 5.71. The van der Waals surface area contributed by atoms with Crippen molar-refractivity contribution in [2.75, 3.05) is 0 Å². The Morgan fingerprint density at radius 1 is 0.393 bits per heavy atom. The lowest BCUT2D eigenvalue weighted by Gasteiger charge is -2.10. The SMILES string of the molecule is c1ccc2c(c1)nc1[nH]c3ccc(-c4ccc5c(c4)c4ccccc4n5-c4ccc5c(c4)n4c6ccccc6nc4n5-c4ccc5nc6oc7ccccc7n6c5c4)cc3n12. The summed E-state index contributed by atoms with van der Waals surface area (Å²) in [7, 11) is 0. The van der Waals surface area contributed by atoms with E-state index >= 15 is 0 Å². The third kappa shape index (κ3) is 4.07. The number of fused-ring (bicyclic) bond motifs is 18. The molecular formula is C51H29N9O. The van der Waals surface area contributed by atoms with E-state index in [1.54, 1.807) is 0 Å². The van der Waals surface area contributed by atoms with Crippen LogP contribution in [0.5, 0.6) is 0 Å². The molecule has 0 fully saturated rings. The topological polar surface area (TPSA) is 90.7 Å². The fraction of sp³-hybridized carbons (Fsp3) is 0. The highest BCUT2D eigenvalue weighted by atomic mass is 16.4. The summed E-state index contributed by atoms with van der Waals surface area (Å²) in [6, 6.07) is 60.1. The first-order valence-electron chi connectivity index (χ1n) is 20.4. The highest BCUT2D eigenvalue weighted by Gasteiger charge is 2.22. The number of hydrogen-bond acceptors (Lipinski definition) is 4. The third-order valence-corrected chi connectivity index (χ3v) is 12.7. The summed E-state index contributed by atoms with van der Waals surface area (Å²) in [6.45, 7) is 0. The van der Waals surface area contributed by atoms with Crippen LogP contribution in [-0.4, -0.2) is 42.3 Å². The van der Waals surface area contributed by atoms with Crippen LogP contribution < -0.4 is 0 Å². The molecule has 0 aliphatic heterocycles. The minimum Gasteiger partial charge on any atom is -0.423 e. The molecule has 1 N–H and O–H groups in total. The first-order valence-corrected chi connectivity index (χ1v) is 20.4. The van der Waals surface area contributed by atoms with Gasteiger partial charge in [0.1, 0.15) is 0 Å². The van der Waals surface area contributed by atoms with Gasteiger partial charge in [0.15, 0.2) is 5.58 Å². The molecule has 10 heteroatoms. The molecule has 0 radical (unpaired) electrons. The number of nitrogens with zero attached hydrogens (tertiary/aromatic N) is 8. The molecule has 0 spiro atoms. The number of para-hydroxylation sites is 7. The van der Waals surface area contributed by atoms with E-state index in [4.69, 9.17) is 19.4 Å². The Morgan fingerprint density at radius 2 is 1.05 bits per heavy atom. The van der Waals surface area contributed by atoms with Gasteiger partial charge in [0.05, 0.1) is 77.4 Å². The van der Waals surface area contributed by atoms with Gasteiger partial charge < -0.3 is 14.0 Å². The zero-order valence-corrected chi connectivity index (χ0v) is 32.2. The van der Waals surface area contributed by atoms with Crippen molar-refractivity contribution in [2.45, 2.75) is 0 Å². The predicted molar refractivity (Wildman–Crippen MR) is 243 cm³/mol. The number of rotatable bonds is 3. The van der Waals surface area contributed by atoms with Crippen LogP contribution in [-0.2, 0) is 0 Å². The molecule has 15 rings (SSSR count). The van der Waals surface area contributed by atoms with Gasteiger partial charge in [0, 0.05) is 16.5 Å². The van der Waals surface area contributed by atoms with E-state index in [1.165, 1.54) is 10.8 Å². The second kappa shape index (κ2) is 11.1. The standard InChI is InChI=1S/C51H29N9O/c1-4-12-39-33(9-1)34-25-29(30-17-21-37-45(26-30)58-41-13-5-2-10-35(41)52-49(58)53-37)18-23-40(34)56(39)31-20-24-43-47(28-31)59-42-14-6-3-11-36(42)54-50(59)57(43)32-19-22-38-46(27-32)60-44-15-7-8-16-48(44)61-51(60)55-38/h1-28H,(H,52,53). The number of aromatic amines is 1. The van der Waals surface area contributed by atoms with Crippen molar-refractivity contribution in [3.05, 3.63) is 170 Å². The number of oxazole rings is 1. The van der Waals surface area contributed by atoms with Gasteiger partial charge in [-0.1, -0.05) is 66.7 Å². The van der Waals surface area contributed by atoms with Gasteiger partial charge in [-0.2, -0.15) is 4.98 Å². The Balaban J connectivity index is 0.938. The van der Waals surface area contributed by atoms with Crippen molar-refractivity contribution in [3.63, 3.8) is 0 Å². The number of imidazole rings is 5. The smallest absolute Gasteiger partial charge is 0.307 e. The summed E-state index contributed by atoms with van der Waals surface area (Å²) >= 11 is 0. The van der Waals surface area contributed by atoms with Gasteiger partial charge >= 0.3 is 5.84 Å². The largest absolute Gasteiger partial charge is 0.423 e. The van der Waals surface area contributed by atoms with Crippen molar-refractivity contribution in [3.8, 4) is 22.5 Å². The van der Waals surface area contributed by atoms with Crippen molar-refractivity contribution in [1.29, 1.82) is 0 Å². The summed E-state index contributed by atoms with van der Waals surface area (Å²) in [4.78, 5) is 18.4. The van der Waals surface area contributed by atoms with E-state index in [0.29, 0.717) is 5.84 Å². The lowest BCUT2D eigenvalue weighted by atomic mass is 10.0. The van der Waals surface area contributed by atoms with Crippen molar-refractivity contribution >= 4 is 105 Å². The van der Waals surface area contributed by atoms with Gasteiger partial charge in [0.25, 0.3) is 0 Å². The summed E-state index contributed by atoms with van der Waals surface area (Å²) < 4.78 is 17.4. The maximum absolute atomic E-state index is 6.15. The first-order chi connectivity index (χ1) is 30.2. The second-order valence-corrected chi connectivity index (χ2v) is 15.9. The minimum atomic E-state index is 0.580. The molecule has 8 aromatic carbocycles. The summed E-state index contributed by atoms with van der Waals surface area (Å²) in [6.07, 6.45) is 0. The molecule has 0 unspecified atom stereocenters. The normalized spacial score (nSPS) is 12.6. The van der Waals surface area contributed by atoms with Gasteiger partial charge in [-0.05, 0) is 114 Å². The van der Waals surface area contributed by atoms with Crippen LogP contribution in [0.15, 0.2) is 174 Å². The van der Waals surface area contributed by atoms with Crippen molar-refractivity contribution < 1.29 is 4.42 Å². The van der Waals surface area contributed by atoms with E-state index in [2.05, 4.69) is 173 Å². The van der Waals surface area contributed by atoms with E-state index < -0.39 is 0 Å². The molecule has 61 heavy (non-hydrogen) atoms. The van der Waals surface area contributed by atoms with Crippen LogP contribution in [0.3, 0.4) is 0 Å². The molecule has 15 aromatic rings. The van der Waals surface area contributed by atoms with Crippen LogP contribution in [0.1, 0.15) is 0 Å². The molecule has 0 bridgehead atoms. The molecule has 10 nitrogen and oxygen atoms in total. The lowest BCUT2D eigenvalue weighted by Crippen LogP contribution is -1.97. The maximum atomic E-state index is 6.15. The highest BCUT2D eigenvalue weighted by Crippen LogP contribution is 2.38. The Bertz CT molecular complexity index is 4370. The number of hydrogen-bond donors (Lipinski definition) is 1. The molecule has 7 aromatic heterocycles. The fourth-order valence-electron chi connectivity index (χ4n) is 10.00. The van der Waals surface area contributed by atoms with Crippen LogP contribution in [0.25, 0.3) is 128 Å². The Hall–Kier alpha value is -8.63. The zero-order chi connectivity index (χ0) is 39.5. The molecule has 7 heterocycles. The predicted octanol–water partition coefficient (Wildman–Crippen LogP) is 12.0. The van der Waals surface area contributed by atoms with E-state index in [-0.39, 0.29) is 0 Å². The molecule has 284 valence electrons. The summed E-state index contributed by atoms with van der Waals surface area (Å²) in [5.74, 6) is 2.28. The van der Waals surface area contributed by atoms with Crippen LogP contribution >= 0.6 is 0 Å². The van der Waals surface area contributed by atoms with Gasteiger partial charge in [-0.15, -0.1) is 0 Å². The lowest BCUT2D eigenvalue weighted by molar-refractivity contribution is 0.643. The minimum absolute atomic E-state index is 0.580. The number of benzene rings is 8. The summed E-state index contributed by atoms with van der Waals surface area (Å²) in [5, 5.41) is 2.40. The quantitative estimate of drug-likeness (QED) is 0.193. The monoisotopic (exact) mass is 783 g/mol. The zero-order valence-electron chi connectivity index (χ0n) is 32.2. The van der Waals surface area contributed by atoms with Gasteiger partial charge in [-0.25, -0.2) is 9.97 Å². The number of nitrogens with one attached hydrogen (secondary N) is 1. The van der Waals surface area contributed by atoms with Gasteiger partial charge in [-0.3, -0.25) is 17.8 Å².